The summed E-state index contributed by atoms with van der Waals surface area (Å²) in [6.07, 6.45) is 3.41. The summed E-state index contributed by atoms with van der Waals surface area (Å²) in [5.41, 5.74) is 0. The fraction of sp³-hybridized carbons (Fsp3) is 0.500. The van der Waals surface area contributed by atoms with Gasteiger partial charge >= 0.3 is 0 Å². The van der Waals surface area contributed by atoms with E-state index in [0.717, 1.165) is 23.5 Å². The van der Waals surface area contributed by atoms with Crippen molar-refractivity contribution in [2.45, 2.75) is 35.1 Å². The van der Waals surface area contributed by atoms with Crippen LogP contribution in [0.25, 0.3) is 0 Å². The predicted octanol–water partition coefficient (Wildman–Crippen LogP) is 2.37. The lowest BCUT2D eigenvalue weighted by molar-refractivity contribution is -0.119. The molecule has 1 aliphatic carbocycles. The van der Waals surface area contributed by atoms with Gasteiger partial charge in [0.15, 0.2) is 0 Å². The minimum Gasteiger partial charge on any atom is -0.298 e. The summed E-state index contributed by atoms with van der Waals surface area (Å²) in [4.78, 5) is 11.5. The summed E-state index contributed by atoms with van der Waals surface area (Å²) in [6.45, 7) is 0. The van der Waals surface area contributed by atoms with Crippen LogP contribution in [0.5, 0.6) is 0 Å². The van der Waals surface area contributed by atoms with Crippen molar-refractivity contribution in [2.75, 3.05) is 0 Å². The van der Waals surface area contributed by atoms with Crippen LogP contribution in [0.4, 0.5) is 0 Å². The molecule has 1 fully saturated rings. The van der Waals surface area contributed by atoms with Gasteiger partial charge in [-0.1, -0.05) is 12.5 Å². The van der Waals surface area contributed by atoms with Crippen LogP contribution in [0.1, 0.15) is 25.7 Å². The second kappa shape index (κ2) is 4.36. The Bertz CT molecular complexity index is 343. The van der Waals surface area contributed by atoms with E-state index in [1.165, 1.54) is 11.3 Å². The Morgan fingerprint density at radius 2 is 2.29 bits per heavy atom. The average molecular weight is 228 g/mol. The molecule has 0 bridgehead atoms. The maximum Gasteiger partial charge on any atom is 0.148 e. The van der Waals surface area contributed by atoms with Crippen molar-refractivity contribution < 1.29 is 9.00 Å². The molecular formula is C10H12O2S2. The largest absolute Gasteiger partial charge is 0.298 e. The number of hydrogen-bond acceptors (Lipinski definition) is 3. The number of carbonyl (C=O) groups excluding carboxylic acids is 1. The quantitative estimate of drug-likeness (QED) is 0.778. The molecule has 0 amide bonds. The van der Waals surface area contributed by atoms with E-state index in [1.807, 2.05) is 17.5 Å². The third-order valence-corrected chi connectivity index (χ3v) is 5.44. The molecule has 2 nitrogen and oxygen atoms in total. The Kier molecular flexibility index (Phi) is 3.13. The van der Waals surface area contributed by atoms with Gasteiger partial charge in [-0.25, -0.2) is 0 Å². The third kappa shape index (κ3) is 1.96. The Hall–Kier alpha value is -0.480. The van der Waals surface area contributed by atoms with Crippen molar-refractivity contribution in [3.63, 3.8) is 0 Å². The molecule has 0 radical (unpaired) electrons. The molecule has 2 unspecified atom stereocenters. The number of carbonyl (C=O) groups is 1. The SMILES string of the molecule is O=C1CCCCC1S(=O)c1cccs1. The molecule has 1 aromatic heterocycles. The minimum atomic E-state index is -1.10. The van der Waals surface area contributed by atoms with Gasteiger partial charge in [-0.05, 0) is 24.3 Å². The molecule has 1 aromatic rings. The Labute approximate surface area is 89.8 Å². The van der Waals surface area contributed by atoms with Crippen LogP contribution in [-0.2, 0) is 15.6 Å². The van der Waals surface area contributed by atoms with Gasteiger partial charge in [0, 0.05) is 6.42 Å². The summed E-state index contributed by atoms with van der Waals surface area (Å²) in [6, 6.07) is 3.73. The van der Waals surface area contributed by atoms with Gasteiger partial charge in [0.25, 0.3) is 0 Å². The second-order valence-corrected chi connectivity index (χ2v) is 6.24. The highest BCUT2D eigenvalue weighted by Crippen LogP contribution is 2.25. The summed E-state index contributed by atoms with van der Waals surface area (Å²) < 4.78 is 12.8. The first-order valence-corrected chi connectivity index (χ1v) is 6.85. The second-order valence-electron chi connectivity index (χ2n) is 3.43. The zero-order valence-corrected chi connectivity index (χ0v) is 9.40. The van der Waals surface area contributed by atoms with E-state index in [4.69, 9.17) is 0 Å². The predicted molar refractivity (Wildman–Crippen MR) is 58.0 cm³/mol. The van der Waals surface area contributed by atoms with Crippen LogP contribution in [-0.4, -0.2) is 15.2 Å². The van der Waals surface area contributed by atoms with E-state index in [0.29, 0.717) is 6.42 Å². The number of hydrogen-bond donors (Lipinski definition) is 0. The van der Waals surface area contributed by atoms with Crippen LogP contribution >= 0.6 is 11.3 Å². The molecular weight excluding hydrogens is 216 g/mol. The zero-order chi connectivity index (χ0) is 9.97. The number of Topliss-reactive ketones (excluding diaryl/α,β-unsaturated/α-hetero) is 1. The lowest BCUT2D eigenvalue weighted by Gasteiger charge is -2.18. The van der Waals surface area contributed by atoms with Crippen LogP contribution in [0.2, 0.25) is 0 Å². The van der Waals surface area contributed by atoms with Crippen molar-refractivity contribution in [3.05, 3.63) is 17.5 Å². The van der Waals surface area contributed by atoms with Crippen LogP contribution in [0, 0.1) is 0 Å². The van der Waals surface area contributed by atoms with E-state index < -0.39 is 10.8 Å². The van der Waals surface area contributed by atoms with Gasteiger partial charge in [-0.2, -0.15) is 0 Å². The standard InChI is InChI=1S/C10H12O2S2/c11-8-4-1-2-5-9(8)14(12)10-6-3-7-13-10/h3,6-7,9H,1-2,4-5H2. The fourth-order valence-corrected chi connectivity index (χ4v) is 4.27. The summed E-state index contributed by atoms with van der Waals surface area (Å²) in [7, 11) is -1.10. The van der Waals surface area contributed by atoms with Gasteiger partial charge in [0.05, 0.1) is 20.3 Å². The van der Waals surface area contributed by atoms with Gasteiger partial charge in [-0.15, -0.1) is 11.3 Å². The first-order valence-electron chi connectivity index (χ1n) is 4.76. The minimum absolute atomic E-state index is 0.183. The highest BCUT2D eigenvalue weighted by Gasteiger charge is 2.28. The molecule has 0 N–H and O–H groups in total. The van der Waals surface area contributed by atoms with E-state index in [9.17, 15) is 9.00 Å². The average Bonchev–Trinajstić information content (AvgIpc) is 2.70. The first kappa shape index (κ1) is 10.1. The molecule has 4 heteroatoms. The maximum absolute atomic E-state index is 12.0. The van der Waals surface area contributed by atoms with Gasteiger partial charge < -0.3 is 0 Å². The molecule has 0 saturated heterocycles. The maximum atomic E-state index is 12.0. The number of thiophene rings is 1. The lowest BCUT2D eigenvalue weighted by Crippen LogP contribution is -2.28. The van der Waals surface area contributed by atoms with Crippen molar-refractivity contribution >= 4 is 27.9 Å². The van der Waals surface area contributed by atoms with E-state index in [-0.39, 0.29) is 11.0 Å². The molecule has 2 atom stereocenters. The smallest absolute Gasteiger partial charge is 0.148 e. The van der Waals surface area contributed by atoms with Gasteiger partial charge in [0.2, 0.25) is 0 Å². The molecule has 0 aliphatic heterocycles. The number of ketones is 1. The van der Waals surface area contributed by atoms with Crippen molar-refractivity contribution in [1.29, 1.82) is 0 Å². The molecule has 1 saturated carbocycles. The number of rotatable bonds is 2. The Balaban J connectivity index is 2.14. The van der Waals surface area contributed by atoms with Crippen LogP contribution in [0.15, 0.2) is 21.7 Å². The van der Waals surface area contributed by atoms with E-state index in [2.05, 4.69) is 0 Å². The van der Waals surface area contributed by atoms with Gasteiger partial charge in [0.1, 0.15) is 5.78 Å². The monoisotopic (exact) mass is 228 g/mol. The van der Waals surface area contributed by atoms with Gasteiger partial charge in [-0.3, -0.25) is 9.00 Å². The van der Waals surface area contributed by atoms with E-state index >= 15 is 0 Å². The lowest BCUT2D eigenvalue weighted by atomic mass is 9.99. The van der Waals surface area contributed by atoms with Crippen molar-refractivity contribution in [2.24, 2.45) is 0 Å². The molecule has 14 heavy (non-hydrogen) atoms. The summed E-state index contributed by atoms with van der Waals surface area (Å²) >= 11 is 1.47. The third-order valence-electron chi connectivity index (χ3n) is 2.45. The molecule has 0 aromatic carbocycles. The van der Waals surface area contributed by atoms with Crippen LogP contribution in [0.3, 0.4) is 0 Å². The highest BCUT2D eigenvalue weighted by molar-refractivity contribution is 7.88. The topological polar surface area (TPSA) is 34.1 Å². The molecule has 76 valence electrons. The normalized spacial score (nSPS) is 24.9. The van der Waals surface area contributed by atoms with Crippen molar-refractivity contribution in [3.8, 4) is 0 Å². The Morgan fingerprint density at radius 1 is 1.43 bits per heavy atom. The summed E-state index contributed by atoms with van der Waals surface area (Å²) in [5, 5.41) is 1.67. The van der Waals surface area contributed by atoms with E-state index in [1.54, 1.807) is 0 Å². The fourth-order valence-electron chi connectivity index (χ4n) is 1.70. The van der Waals surface area contributed by atoms with Crippen molar-refractivity contribution in [1.82, 2.24) is 0 Å². The highest BCUT2D eigenvalue weighted by atomic mass is 32.2. The van der Waals surface area contributed by atoms with Crippen LogP contribution < -0.4 is 0 Å². The first-order chi connectivity index (χ1) is 6.79. The zero-order valence-electron chi connectivity index (χ0n) is 7.77. The molecule has 2 rings (SSSR count). The molecule has 1 heterocycles. The Morgan fingerprint density at radius 3 is 2.93 bits per heavy atom. The molecule has 1 aliphatic rings. The molecule has 0 spiro atoms. The summed E-state index contributed by atoms with van der Waals surface area (Å²) in [5.74, 6) is 0.183.